The number of aliphatic carboxylic acids is 1. The average molecular weight is 352 g/mol. The molecule has 24 heavy (non-hydrogen) atoms. The number of carbonyl (C=O) groups is 2. The van der Waals surface area contributed by atoms with E-state index < -0.39 is 12.0 Å². The van der Waals surface area contributed by atoms with E-state index in [4.69, 9.17) is 0 Å². The molecular formula is C16H24N4O3S. The highest BCUT2D eigenvalue weighted by atomic mass is 32.1. The molecule has 2 aliphatic rings. The SMILES string of the molecule is CN(C)Cc1nc(C(=O)N2CC3(CCNCC3)CC2C(=O)O)cs1. The topological polar surface area (TPSA) is 85.8 Å². The van der Waals surface area contributed by atoms with Crippen LogP contribution in [0.5, 0.6) is 0 Å². The molecule has 2 N–H and O–H groups in total. The van der Waals surface area contributed by atoms with Crippen LogP contribution in [0, 0.1) is 5.41 Å². The van der Waals surface area contributed by atoms with Crippen molar-refractivity contribution in [3.63, 3.8) is 0 Å². The summed E-state index contributed by atoms with van der Waals surface area (Å²) in [7, 11) is 3.90. The lowest BCUT2D eigenvalue weighted by Crippen LogP contribution is -2.42. The normalized spacial score (nSPS) is 23.1. The third-order valence-electron chi connectivity index (χ3n) is 4.94. The summed E-state index contributed by atoms with van der Waals surface area (Å²) >= 11 is 1.44. The molecular weight excluding hydrogens is 328 g/mol. The quantitative estimate of drug-likeness (QED) is 0.836. The van der Waals surface area contributed by atoms with Crippen molar-refractivity contribution >= 4 is 23.2 Å². The lowest BCUT2D eigenvalue weighted by Gasteiger charge is -2.33. The minimum absolute atomic E-state index is 0.0630. The molecule has 1 aromatic heterocycles. The zero-order valence-electron chi connectivity index (χ0n) is 14.1. The standard InChI is InChI=1S/C16H24N4O3S/c1-19(2)8-13-18-11(9-24-13)14(21)20-10-16(3-5-17-6-4-16)7-12(20)15(22)23/h9,12,17H,3-8,10H2,1-2H3,(H,22,23). The molecule has 8 heteroatoms. The number of carbonyl (C=O) groups excluding carboxylic acids is 1. The second-order valence-corrected chi connectivity index (χ2v) is 8.05. The zero-order chi connectivity index (χ0) is 17.3. The summed E-state index contributed by atoms with van der Waals surface area (Å²) in [5.41, 5.74) is 0.306. The fourth-order valence-corrected chi connectivity index (χ4v) is 4.59. The largest absolute Gasteiger partial charge is 0.480 e. The lowest BCUT2D eigenvalue weighted by atomic mass is 9.77. The number of amides is 1. The van der Waals surface area contributed by atoms with Crippen molar-refractivity contribution in [3.05, 3.63) is 16.1 Å². The molecule has 1 unspecified atom stereocenters. The fourth-order valence-electron chi connectivity index (χ4n) is 3.71. The number of thiazole rings is 1. The van der Waals surface area contributed by atoms with Crippen LogP contribution in [0.2, 0.25) is 0 Å². The van der Waals surface area contributed by atoms with Crippen LogP contribution in [0.3, 0.4) is 0 Å². The maximum Gasteiger partial charge on any atom is 0.326 e. The van der Waals surface area contributed by atoms with E-state index in [-0.39, 0.29) is 11.3 Å². The number of carboxylic acid groups (broad SMARTS) is 1. The van der Waals surface area contributed by atoms with Gasteiger partial charge in [-0.3, -0.25) is 4.79 Å². The molecule has 7 nitrogen and oxygen atoms in total. The Morgan fingerprint density at radius 1 is 1.46 bits per heavy atom. The Kier molecular flexibility index (Phi) is 4.89. The van der Waals surface area contributed by atoms with Gasteiger partial charge in [0, 0.05) is 18.5 Å². The average Bonchev–Trinajstić information content (AvgIpc) is 3.12. The molecule has 132 valence electrons. The van der Waals surface area contributed by atoms with Crippen molar-refractivity contribution in [1.29, 1.82) is 0 Å². The number of likely N-dealkylation sites (tertiary alicyclic amines) is 1. The smallest absolute Gasteiger partial charge is 0.326 e. The lowest BCUT2D eigenvalue weighted by molar-refractivity contribution is -0.141. The molecule has 1 amide bonds. The minimum atomic E-state index is -0.914. The van der Waals surface area contributed by atoms with Crippen molar-refractivity contribution in [1.82, 2.24) is 20.1 Å². The molecule has 2 aliphatic heterocycles. The predicted octanol–water partition coefficient (Wildman–Crippen LogP) is 0.874. The van der Waals surface area contributed by atoms with Gasteiger partial charge in [-0.15, -0.1) is 11.3 Å². The van der Waals surface area contributed by atoms with Crippen molar-refractivity contribution in [3.8, 4) is 0 Å². The summed E-state index contributed by atoms with van der Waals surface area (Å²) in [6, 6.07) is -0.741. The van der Waals surface area contributed by atoms with E-state index in [1.54, 1.807) is 5.38 Å². The van der Waals surface area contributed by atoms with Crippen LogP contribution in [0.15, 0.2) is 5.38 Å². The number of nitrogens with zero attached hydrogens (tertiary/aromatic N) is 3. The first-order valence-corrected chi connectivity index (χ1v) is 9.12. The number of hydrogen-bond donors (Lipinski definition) is 2. The molecule has 2 saturated heterocycles. The number of carboxylic acids is 1. The maximum absolute atomic E-state index is 12.9. The second kappa shape index (κ2) is 6.78. The van der Waals surface area contributed by atoms with Gasteiger partial charge in [0.1, 0.15) is 16.7 Å². The molecule has 3 heterocycles. The zero-order valence-corrected chi connectivity index (χ0v) is 14.9. The van der Waals surface area contributed by atoms with Crippen molar-refractivity contribution in [2.75, 3.05) is 33.7 Å². The first kappa shape index (κ1) is 17.3. The van der Waals surface area contributed by atoms with Gasteiger partial charge < -0.3 is 20.2 Å². The minimum Gasteiger partial charge on any atom is -0.480 e. The predicted molar refractivity (Wildman–Crippen MR) is 91.1 cm³/mol. The number of aromatic nitrogens is 1. The molecule has 1 aromatic rings. The van der Waals surface area contributed by atoms with Gasteiger partial charge in [-0.05, 0) is 51.9 Å². The van der Waals surface area contributed by atoms with Crippen LogP contribution in [-0.4, -0.2) is 71.5 Å². The van der Waals surface area contributed by atoms with Gasteiger partial charge in [-0.25, -0.2) is 9.78 Å². The van der Waals surface area contributed by atoms with Gasteiger partial charge in [-0.1, -0.05) is 0 Å². The highest BCUT2D eigenvalue weighted by Gasteiger charge is 2.49. The molecule has 0 aromatic carbocycles. The van der Waals surface area contributed by atoms with Crippen LogP contribution in [0.4, 0.5) is 0 Å². The van der Waals surface area contributed by atoms with E-state index in [0.717, 1.165) is 30.9 Å². The Morgan fingerprint density at radius 2 is 2.17 bits per heavy atom. The molecule has 3 rings (SSSR count). The summed E-state index contributed by atoms with van der Waals surface area (Å²) in [4.78, 5) is 32.5. The maximum atomic E-state index is 12.9. The molecule has 2 fully saturated rings. The van der Waals surface area contributed by atoms with E-state index in [2.05, 4.69) is 10.3 Å². The fraction of sp³-hybridized carbons (Fsp3) is 0.688. The first-order chi connectivity index (χ1) is 11.4. The van der Waals surface area contributed by atoms with Gasteiger partial charge in [-0.2, -0.15) is 0 Å². The summed E-state index contributed by atoms with van der Waals surface area (Å²) in [6.45, 7) is 2.97. The van der Waals surface area contributed by atoms with Crippen LogP contribution in [-0.2, 0) is 11.3 Å². The number of rotatable bonds is 4. The van der Waals surface area contributed by atoms with Crippen LogP contribution in [0.25, 0.3) is 0 Å². The van der Waals surface area contributed by atoms with E-state index >= 15 is 0 Å². The Labute approximate surface area is 145 Å². The molecule has 0 saturated carbocycles. The summed E-state index contributed by atoms with van der Waals surface area (Å²) in [5.74, 6) is -1.17. The third kappa shape index (κ3) is 3.45. The number of piperidine rings is 1. The molecule has 0 aliphatic carbocycles. The molecule has 0 bridgehead atoms. The summed E-state index contributed by atoms with van der Waals surface area (Å²) in [5, 5.41) is 15.5. The summed E-state index contributed by atoms with van der Waals surface area (Å²) < 4.78 is 0. The van der Waals surface area contributed by atoms with E-state index in [0.29, 0.717) is 25.2 Å². The van der Waals surface area contributed by atoms with Gasteiger partial charge in [0.05, 0.1) is 0 Å². The first-order valence-electron chi connectivity index (χ1n) is 8.24. The second-order valence-electron chi connectivity index (χ2n) is 7.11. The Morgan fingerprint density at radius 3 is 2.79 bits per heavy atom. The highest BCUT2D eigenvalue weighted by molar-refractivity contribution is 7.09. The molecule has 0 radical (unpaired) electrons. The molecule has 1 atom stereocenters. The highest BCUT2D eigenvalue weighted by Crippen LogP contribution is 2.42. The summed E-state index contributed by atoms with van der Waals surface area (Å²) in [6.07, 6.45) is 2.39. The Balaban J connectivity index is 1.79. The van der Waals surface area contributed by atoms with Crippen LogP contribution in [0.1, 0.15) is 34.8 Å². The van der Waals surface area contributed by atoms with E-state index in [1.807, 2.05) is 19.0 Å². The van der Waals surface area contributed by atoms with Gasteiger partial charge in [0.25, 0.3) is 5.91 Å². The third-order valence-corrected chi connectivity index (χ3v) is 5.77. The Hall–Kier alpha value is -1.51. The van der Waals surface area contributed by atoms with Gasteiger partial charge >= 0.3 is 5.97 Å². The number of nitrogens with one attached hydrogen (secondary N) is 1. The van der Waals surface area contributed by atoms with Crippen molar-refractivity contribution < 1.29 is 14.7 Å². The molecule has 1 spiro atoms. The van der Waals surface area contributed by atoms with Crippen molar-refractivity contribution in [2.24, 2.45) is 5.41 Å². The van der Waals surface area contributed by atoms with E-state index in [1.165, 1.54) is 16.2 Å². The van der Waals surface area contributed by atoms with Crippen LogP contribution < -0.4 is 5.32 Å². The Bertz CT molecular complexity index is 625. The monoisotopic (exact) mass is 352 g/mol. The van der Waals surface area contributed by atoms with Crippen molar-refractivity contribution in [2.45, 2.75) is 31.8 Å². The van der Waals surface area contributed by atoms with E-state index in [9.17, 15) is 14.7 Å². The van der Waals surface area contributed by atoms with Crippen LogP contribution >= 0.6 is 11.3 Å². The van der Waals surface area contributed by atoms with Gasteiger partial charge in [0.2, 0.25) is 0 Å². The number of hydrogen-bond acceptors (Lipinski definition) is 6. The van der Waals surface area contributed by atoms with Gasteiger partial charge in [0.15, 0.2) is 0 Å².